The predicted octanol–water partition coefficient (Wildman–Crippen LogP) is 1.61. The maximum absolute atomic E-state index is 12.7. The molecular formula is C22H22N2O5. The largest absolute Gasteiger partial charge is 0.508 e. The topological polar surface area (TPSA) is 116 Å². The van der Waals surface area contributed by atoms with Gasteiger partial charge in [-0.2, -0.15) is 0 Å². The maximum atomic E-state index is 12.7. The van der Waals surface area contributed by atoms with E-state index in [-0.39, 0.29) is 12.2 Å². The average Bonchev–Trinajstić information content (AvgIpc) is 3.16. The van der Waals surface area contributed by atoms with Crippen molar-refractivity contribution in [3.63, 3.8) is 0 Å². The fourth-order valence-electron chi connectivity index (χ4n) is 4.66. The Bertz CT molecular complexity index is 1020. The molecule has 29 heavy (non-hydrogen) atoms. The Hall–Kier alpha value is -3.19. The molecule has 4 unspecified atom stereocenters. The molecule has 2 fully saturated rings. The number of benzene rings is 2. The van der Waals surface area contributed by atoms with Crippen molar-refractivity contribution in [2.24, 2.45) is 11.8 Å². The van der Waals surface area contributed by atoms with E-state index in [1.54, 1.807) is 12.1 Å². The molecule has 2 aromatic carbocycles. The van der Waals surface area contributed by atoms with Crippen LogP contribution in [0.1, 0.15) is 28.3 Å². The number of aromatic hydroxyl groups is 1. The lowest BCUT2D eigenvalue weighted by Gasteiger charge is -2.30. The van der Waals surface area contributed by atoms with E-state index in [1.807, 2.05) is 32.0 Å². The number of carbonyl (C=O) groups is 3. The first-order chi connectivity index (χ1) is 13.7. The normalized spacial score (nSPS) is 28.3. The molecule has 2 amide bonds. The minimum atomic E-state index is -1.64. The Labute approximate surface area is 167 Å². The molecule has 2 aliphatic heterocycles. The van der Waals surface area contributed by atoms with Crippen molar-refractivity contribution in [2.75, 3.05) is 0 Å². The second-order valence-corrected chi connectivity index (χ2v) is 7.96. The molecule has 4 rings (SSSR count). The zero-order valence-electron chi connectivity index (χ0n) is 16.1. The van der Waals surface area contributed by atoms with Crippen LogP contribution in [0.2, 0.25) is 0 Å². The Morgan fingerprint density at radius 2 is 1.76 bits per heavy atom. The van der Waals surface area contributed by atoms with Crippen molar-refractivity contribution < 1.29 is 24.6 Å². The molecule has 0 radical (unpaired) electrons. The molecule has 2 aliphatic rings. The van der Waals surface area contributed by atoms with Gasteiger partial charge in [0.1, 0.15) is 11.3 Å². The molecule has 4 N–H and O–H groups in total. The number of hydrogen-bond donors (Lipinski definition) is 4. The number of nitrogens with one attached hydrogen (secondary N) is 2. The number of fused-ring (bicyclic) bond motifs is 1. The Morgan fingerprint density at radius 1 is 1.07 bits per heavy atom. The monoisotopic (exact) mass is 394 g/mol. The van der Waals surface area contributed by atoms with Crippen molar-refractivity contribution in [3.8, 4) is 5.75 Å². The van der Waals surface area contributed by atoms with Crippen LogP contribution >= 0.6 is 0 Å². The van der Waals surface area contributed by atoms with Gasteiger partial charge in [-0.1, -0.05) is 35.9 Å². The summed E-state index contributed by atoms with van der Waals surface area (Å²) in [7, 11) is 0. The Kier molecular flexibility index (Phi) is 4.42. The van der Waals surface area contributed by atoms with Crippen LogP contribution < -0.4 is 10.6 Å². The van der Waals surface area contributed by atoms with Crippen LogP contribution in [-0.4, -0.2) is 33.5 Å². The van der Waals surface area contributed by atoms with Crippen LogP contribution in [0.25, 0.3) is 0 Å². The molecule has 0 bridgehead atoms. The number of carbonyl (C=O) groups excluding carboxylic acids is 2. The van der Waals surface area contributed by atoms with E-state index < -0.39 is 41.2 Å². The minimum Gasteiger partial charge on any atom is -0.508 e. The number of rotatable bonds is 4. The van der Waals surface area contributed by atoms with Gasteiger partial charge in [0.2, 0.25) is 11.8 Å². The third-order valence-electron chi connectivity index (χ3n) is 6.06. The standard InChI is InChI=1S/C22H22N2O5/c1-11-3-4-12(2)15(9-11)18-16-17(20(27)23-19(16)26)22(24-18,21(28)29)10-13-5-7-14(25)8-6-13/h3-9,16-18,24-25H,10H2,1-2H3,(H,28,29)(H,23,26,27). The van der Waals surface area contributed by atoms with E-state index in [1.165, 1.54) is 12.1 Å². The fraction of sp³-hybridized carbons (Fsp3) is 0.318. The molecule has 0 saturated carbocycles. The number of imide groups is 1. The van der Waals surface area contributed by atoms with Crippen LogP contribution in [0.4, 0.5) is 0 Å². The smallest absolute Gasteiger partial charge is 0.325 e. The van der Waals surface area contributed by atoms with Gasteiger partial charge in [-0.25, -0.2) is 0 Å². The lowest BCUT2D eigenvalue weighted by Crippen LogP contribution is -2.57. The van der Waals surface area contributed by atoms with E-state index in [2.05, 4.69) is 10.6 Å². The van der Waals surface area contributed by atoms with Gasteiger partial charge in [-0.05, 0) is 42.7 Å². The lowest BCUT2D eigenvalue weighted by molar-refractivity contribution is -0.149. The van der Waals surface area contributed by atoms with Crippen molar-refractivity contribution in [3.05, 3.63) is 64.7 Å². The SMILES string of the molecule is Cc1ccc(C)c(C2NC(Cc3ccc(O)cc3)(C(=O)O)C3C(=O)NC(=O)C23)c1. The first kappa shape index (κ1) is 19.1. The number of aryl methyl sites for hydroxylation is 2. The third kappa shape index (κ3) is 2.98. The number of carboxylic acids is 1. The molecule has 7 heteroatoms. The van der Waals surface area contributed by atoms with Gasteiger partial charge in [-0.15, -0.1) is 0 Å². The van der Waals surface area contributed by atoms with E-state index >= 15 is 0 Å². The number of phenols is 1. The molecular weight excluding hydrogens is 372 g/mol. The van der Waals surface area contributed by atoms with Gasteiger partial charge < -0.3 is 10.2 Å². The summed E-state index contributed by atoms with van der Waals surface area (Å²) in [5, 5.41) is 25.2. The summed E-state index contributed by atoms with van der Waals surface area (Å²) in [4.78, 5) is 37.9. The minimum absolute atomic E-state index is 0.00580. The fourth-order valence-corrected chi connectivity index (χ4v) is 4.66. The highest BCUT2D eigenvalue weighted by atomic mass is 16.4. The average molecular weight is 394 g/mol. The molecule has 0 aromatic heterocycles. The van der Waals surface area contributed by atoms with Crippen LogP contribution in [0.3, 0.4) is 0 Å². The Morgan fingerprint density at radius 3 is 2.41 bits per heavy atom. The number of hydrogen-bond acceptors (Lipinski definition) is 5. The van der Waals surface area contributed by atoms with Crippen molar-refractivity contribution in [1.29, 1.82) is 0 Å². The van der Waals surface area contributed by atoms with Crippen LogP contribution in [0.15, 0.2) is 42.5 Å². The zero-order chi connectivity index (χ0) is 20.9. The quantitative estimate of drug-likeness (QED) is 0.586. The van der Waals surface area contributed by atoms with Crippen molar-refractivity contribution in [2.45, 2.75) is 31.8 Å². The highest BCUT2D eigenvalue weighted by Crippen LogP contribution is 2.48. The molecule has 7 nitrogen and oxygen atoms in total. The van der Waals surface area contributed by atoms with Gasteiger partial charge in [0, 0.05) is 12.5 Å². The molecule has 2 heterocycles. The summed E-state index contributed by atoms with van der Waals surface area (Å²) in [6.45, 7) is 3.83. The van der Waals surface area contributed by atoms with Crippen LogP contribution in [0, 0.1) is 25.7 Å². The van der Waals surface area contributed by atoms with E-state index in [9.17, 15) is 24.6 Å². The first-order valence-electron chi connectivity index (χ1n) is 9.44. The first-order valence-corrected chi connectivity index (χ1v) is 9.44. The maximum Gasteiger partial charge on any atom is 0.325 e. The highest BCUT2D eigenvalue weighted by Gasteiger charge is 2.66. The number of phenolic OH excluding ortho intramolecular Hbond substituents is 1. The summed E-state index contributed by atoms with van der Waals surface area (Å²) in [6.07, 6.45) is 0.00580. The lowest BCUT2D eigenvalue weighted by atomic mass is 9.76. The second kappa shape index (κ2) is 6.70. The summed E-state index contributed by atoms with van der Waals surface area (Å²) >= 11 is 0. The summed E-state index contributed by atoms with van der Waals surface area (Å²) in [5.41, 5.74) is 1.73. The van der Waals surface area contributed by atoms with E-state index in [4.69, 9.17) is 0 Å². The molecule has 4 atom stereocenters. The zero-order valence-corrected chi connectivity index (χ0v) is 16.1. The van der Waals surface area contributed by atoms with Crippen LogP contribution in [0.5, 0.6) is 5.75 Å². The molecule has 2 saturated heterocycles. The van der Waals surface area contributed by atoms with Gasteiger partial charge in [0.15, 0.2) is 0 Å². The highest BCUT2D eigenvalue weighted by molar-refractivity contribution is 6.09. The van der Waals surface area contributed by atoms with Crippen LogP contribution in [-0.2, 0) is 20.8 Å². The summed E-state index contributed by atoms with van der Waals surface area (Å²) < 4.78 is 0. The summed E-state index contributed by atoms with van der Waals surface area (Å²) in [5.74, 6) is -3.98. The predicted molar refractivity (Wildman–Crippen MR) is 104 cm³/mol. The van der Waals surface area contributed by atoms with Gasteiger partial charge >= 0.3 is 5.97 Å². The van der Waals surface area contributed by atoms with Gasteiger partial charge in [0.05, 0.1) is 11.8 Å². The molecule has 150 valence electrons. The molecule has 0 aliphatic carbocycles. The van der Waals surface area contributed by atoms with E-state index in [0.29, 0.717) is 5.56 Å². The van der Waals surface area contributed by atoms with Gasteiger partial charge in [-0.3, -0.25) is 25.0 Å². The third-order valence-corrected chi connectivity index (χ3v) is 6.06. The van der Waals surface area contributed by atoms with E-state index in [0.717, 1.165) is 16.7 Å². The number of aliphatic carboxylic acids is 1. The van der Waals surface area contributed by atoms with Crippen molar-refractivity contribution >= 4 is 17.8 Å². The second-order valence-electron chi connectivity index (χ2n) is 7.96. The molecule has 0 spiro atoms. The number of amides is 2. The number of carboxylic acid groups (broad SMARTS) is 1. The summed E-state index contributed by atoms with van der Waals surface area (Å²) in [6, 6.07) is 11.4. The Balaban J connectivity index is 1.84. The van der Waals surface area contributed by atoms with Crippen molar-refractivity contribution in [1.82, 2.24) is 10.6 Å². The molecule has 2 aromatic rings. The van der Waals surface area contributed by atoms with Gasteiger partial charge in [0.25, 0.3) is 0 Å².